The van der Waals surface area contributed by atoms with Gasteiger partial charge in [-0.15, -0.1) is 17.7 Å². The molecule has 2 aromatic carbocycles. The fourth-order valence-electron chi connectivity index (χ4n) is 2.63. The molecule has 6 nitrogen and oxygen atoms in total. The number of hydrogen-bond acceptors (Lipinski definition) is 5. The number of halogens is 1. The van der Waals surface area contributed by atoms with Crippen molar-refractivity contribution in [1.29, 1.82) is 0 Å². The molecule has 1 heterocycles. The summed E-state index contributed by atoms with van der Waals surface area (Å²) in [5.41, 5.74) is 2.40. The van der Waals surface area contributed by atoms with Crippen LogP contribution in [0.3, 0.4) is 0 Å². The maximum Gasteiger partial charge on any atom is 0.353 e. The van der Waals surface area contributed by atoms with Crippen LogP contribution in [-0.2, 0) is 13.5 Å². The van der Waals surface area contributed by atoms with Crippen LogP contribution in [0.15, 0.2) is 62.8 Å². The molecule has 28 heavy (non-hydrogen) atoms. The molecule has 0 aliphatic heterocycles. The summed E-state index contributed by atoms with van der Waals surface area (Å²) in [7, 11) is 3.11. The van der Waals surface area contributed by atoms with Crippen LogP contribution in [0.2, 0.25) is 0 Å². The molecule has 146 valence electrons. The minimum absolute atomic E-state index is 0.247. The van der Waals surface area contributed by atoms with E-state index in [1.807, 2.05) is 48.5 Å². The number of rotatable bonds is 6. The molecule has 3 rings (SSSR count). The van der Waals surface area contributed by atoms with Crippen LogP contribution in [0, 0.1) is 0 Å². The fourth-order valence-corrected chi connectivity index (χ4v) is 3.96. The van der Waals surface area contributed by atoms with E-state index in [2.05, 4.69) is 38.6 Å². The third kappa shape index (κ3) is 4.89. The molecular formula is C19H19BrN4O2S2. The van der Waals surface area contributed by atoms with E-state index in [4.69, 9.17) is 4.74 Å². The van der Waals surface area contributed by atoms with Crippen molar-refractivity contribution in [3.8, 4) is 11.7 Å². The normalized spacial score (nSPS) is 11.6. The molecule has 0 N–H and O–H groups in total. The Hall–Kier alpha value is -1.97. The number of aromatic nitrogens is 3. The summed E-state index contributed by atoms with van der Waals surface area (Å²) >= 11 is 9.44. The average Bonchev–Trinajstić information content (AvgIpc) is 2.98. The molecule has 0 spiro atoms. The van der Waals surface area contributed by atoms with Gasteiger partial charge in [-0.25, -0.2) is 19.0 Å². The van der Waals surface area contributed by atoms with E-state index >= 15 is 0 Å². The van der Waals surface area contributed by atoms with Crippen LogP contribution >= 0.6 is 40.3 Å². The van der Waals surface area contributed by atoms with Crippen molar-refractivity contribution < 1.29 is 4.74 Å². The number of benzene rings is 2. The first-order valence-corrected chi connectivity index (χ1v) is 10.7. The van der Waals surface area contributed by atoms with Crippen LogP contribution in [0.4, 0.5) is 5.69 Å². The second-order valence-electron chi connectivity index (χ2n) is 5.83. The predicted octanol–water partition coefficient (Wildman–Crippen LogP) is 4.24. The summed E-state index contributed by atoms with van der Waals surface area (Å²) in [6, 6.07) is 15.7. The summed E-state index contributed by atoms with van der Waals surface area (Å²) < 4.78 is 9.72. The zero-order valence-electron chi connectivity index (χ0n) is 15.4. The zero-order valence-corrected chi connectivity index (χ0v) is 18.7. The molecule has 0 fully saturated rings. The Bertz CT molecular complexity index is 1040. The molecule has 0 saturated carbocycles. The highest BCUT2D eigenvalue weighted by molar-refractivity contribution is 9.10. The van der Waals surface area contributed by atoms with Gasteiger partial charge < -0.3 is 4.74 Å². The first-order chi connectivity index (χ1) is 13.5. The molecular weight excluding hydrogens is 460 g/mol. The molecule has 0 unspecified atom stereocenters. The number of ether oxygens (including phenoxy) is 1. The predicted molar refractivity (Wildman–Crippen MR) is 122 cm³/mol. The lowest BCUT2D eigenvalue weighted by atomic mass is 10.1. The summed E-state index contributed by atoms with van der Waals surface area (Å²) in [6.45, 7) is 0. The van der Waals surface area contributed by atoms with Crippen molar-refractivity contribution in [3.63, 3.8) is 0 Å². The topological polar surface area (TPSA) is 61.4 Å². The quantitative estimate of drug-likeness (QED) is 0.327. The van der Waals surface area contributed by atoms with Gasteiger partial charge in [0.1, 0.15) is 4.38 Å². The number of methoxy groups -OCH3 is 1. The number of nitrogens with zero attached hydrogens (tertiary/aromatic N) is 4. The molecule has 0 bridgehead atoms. The molecule has 0 aliphatic carbocycles. The largest absolute Gasteiger partial charge is 0.467 e. The van der Waals surface area contributed by atoms with Crippen molar-refractivity contribution in [2.45, 2.75) is 6.42 Å². The average molecular weight is 479 g/mol. The van der Waals surface area contributed by atoms with Gasteiger partial charge >= 0.3 is 11.7 Å². The molecule has 0 radical (unpaired) electrons. The summed E-state index contributed by atoms with van der Waals surface area (Å²) in [6.07, 6.45) is 0.741. The van der Waals surface area contributed by atoms with Crippen molar-refractivity contribution in [3.05, 3.63) is 69.1 Å². The third-order valence-electron chi connectivity index (χ3n) is 3.96. The maximum absolute atomic E-state index is 12.5. The number of hydrogen-bond donors (Lipinski definition) is 1. The minimum Gasteiger partial charge on any atom is -0.467 e. The SMILES string of the molecule is COc1nn(C)c(=O)n1-c1ccccc1CCSC(S)=Nc1ccc(Br)cc1. The maximum atomic E-state index is 12.5. The number of aryl methyl sites for hydroxylation is 2. The lowest BCUT2D eigenvalue weighted by molar-refractivity contribution is 0.368. The van der Waals surface area contributed by atoms with E-state index in [1.165, 1.54) is 16.4 Å². The van der Waals surface area contributed by atoms with Crippen LogP contribution in [-0.4, -0.2) is 31.6 Å². The highest BCUT2D eigenvalue weighted by Crippen LogP contribution is 2.23. The lowest BCUT2D eigenvalue weighted by Gasteiger charge is -2.10. The van der Waals surface area contributed by atoms with E-state index < -0.39 is 0 Å². The van der Waals surface area contributed by atoms with Gasteiger partial charge in [-0.3, -0.25) is 0 Å². The fraction of sp³-hybridized carbons (Fsp3) is 0.211. The standard InChI is InChI=1S/C19H19BrN4O2S2/c1-23-19(25)24(17(22-23)26-2)16-6-4-3-5-13(16)11-12-28-18(27)21-15-9-7-14(20)8-10-15/h3-10H,11-12H2,1-2H3,(H,21,27). The second kappa shape index (κ2) is 9.49. The van der Waals surface area contributed by atoms with Crippen molar-refractivity contribution in [2.24, 2.45) is 12.0 Å². The van der Waals surface area contributed by atoms with Gasteiger partial charge in [-0.1, -0.05) is 45.9 Å². The molecule has 0 saturated heterocycles. The lowest BCUT2D eigenvalue weighted by Crippen LogP contribution is -2.22. The van der Waals surface area contributed by atoms with Crippen molar-refractivity contribution in [1.82, 2.24) is 14.3 Å². The first-order valence-electron chi connectivity index (χ1n) is 8.44. The highest BCUT2D eigenvalue weighted by atomic mass is 79.9. The Balaban J connectivity index is 1.74. The van der Waals surface area contributed by atoms with Gasteiger partial charge in [0.15, 0.2) is 0 Å². The molecule has 0 amide bonds. The smallest absolute Gasteiger partial charge is 0.353 e. The molecule has 9 heteroatoms. The number of thiol groups is 1. The number of thioether (sulfide) groups is 1. The zero-order chi connectivity index (χ0) is 20.1. The van der Waals surface area contributed by atoms with Crippen LogP contribution in [0.25, 0.3) is 5.69 Å². The molecule has 3 aromatic rings. The Morgan fingerprint density at radius 1 is 1.25 bits per heavy atom. The van der Waals surface area contributed by atoms with Gasteiger partial charge in [-0.2, -0.15) is 0 Å². The van der Waals surface area contributed by atoms with E-state index in [0.29, 0.717) is 4.38 Å². The number of aliphatic imine (C=N–C) groups is 1. The molecule has 1 aromatic heterocycles. The van der Waals surface area contributed by atoms with Crippen molar-refractivity contribution in [2.75, 3.05) is 12.9 Å². The Labute approximate surface area is 181 Å². The second-order valence-corrected chi connectivity index (χ2v) is 8.55. The minimum atomic E-state index is -0.247. The van der Waals surface area contributed by atoms with Crippen molar-refractivity contribution >= 4 is 50.4 Å². The van der Waals surface area contributed by atoms with E-state index in [9.17, 15) is 4.79 Å². The van der Waals surface area contributed by atoms with E-state index in [1.54, 1.807) is 18.8 Å². The Kier molecular flexibility index (Phi) is 7.03. The van der Waals surface area contributed by atoms with Crippen LogP contribution < -0.4 is 10.4 Å². The van der Waals surface area contributed by atoms with Gasteiger partial charge in [0, 0.05) is 17.3 Å². The van der Waals surface area contributed by atoms with Crippen LogP contribution in [0.1, 0.15) is 5.56 Å². The Morgan fingerprint density at radius 3 is 2.68 bits per heavy atom. The van der Waals surface area contributed by atoms with Gasteiger partial charge in [0.2, 0.25) is 0 Å². The number of para-hydroxylation sites is 1. The summed E-state index contributed by atoms with van der Waals surface area (Å²) in [5.74, 6) is 0.771. The Morgan fingerprint density at radius 2 is 1.96 bits per heavy atom. The van der Waals surface area contributed by atoms with Crippen LogP contribution in [0.5, 0.6) is 6.01 Å². The third-order valence-corrected chi connectivity index (χ3v) is 5.74. The molecule has 0 atom stereocenters. The van der Waals surface area contributed by atoms with Gasteiger partial charge in [-0.05, 0) is 42.3 Å². The van der Waals surface area contributed by atoms with E-state index in [0.717, 1.165) is 33.6 Å². The van der Waals surface area contributed by atoms with Gasteiger partial charge in [0.05, 0.1) is 18.5 Å². The summed E-state index contributed by atoms with van der Waals surface area (Å²) in [4.78, 5) is 16.9. The van der Waals surface area contributed by atoms with Gasteiger partial charge in [0.25, 0.3) is 0 Å². The molecule has 0 aliphatic rings. The highest BCUT2D eigenvalue weighted by Gasteiger charge is 2.16. The first kappa shape index (κ1) is 20.8. The summed E-state index contributed by atoms with van der Waals surface area (Å²) in [5, 5.41) is 4.11. The van der Waals surface area contributed by atoms with E-state index in [-0.39, 0.29) is 11.7 Å². The monoisotopic (exact) mass is 478 g/mol.